The molecule has 3 heterocycles. The van der Waals surface area contributed by atoms with Crippen LogP contribution in [0.3, 0.4) is 0 Å². The molecule has 8 nitrogen and oxygen atoms in total. The summed E-state index contributed by atoms with van der Waals surface area (Å²) in [5.74, 6) is 0.675. The van der Waals surface area contributed by atoms with Gasteiger partial charge in [0.05, 0.1) is 24.4 Å². The molecule has 1 fully saturated rings. The summed E-state index contributed by atoms with van der Waals surface area (Å²) in [7, 11) is 0. The van der Waals surface area contributed by atoms with Gasteiger partial charge in [0, 0.05) is 37.7 Å². The molecule has 2 amide bonds. The fourth-order valence-corrected chi connectivity index (χ4v) is 3.46. The van der Waals surface area contributed by atoms with Crippen molar-refractivity contribution in [1.29, 1.82) is 0 Å². The Hall–Kier alpha value is -2.77. The van der Waals surface area contributed by atoms with E-state index in [1.165, 1.54) is 18.8 Å². The maximum absolute atomic E-state index is 12.7. The van der Waals surface area contributed by atoms with Crippen molar-refractivity contribution in [3.63, 3.8) is 0 Å². The summed E-state index contributed by atoms with van der Waals surface area (Å²) in [6.45, 7) is 3.18. The van der Waals surface area contributed by atoms with E-state index >= 15 is 0 Å². The van der Waals surface area contributed by atoms with Crippen LogP contribution in [0.5, 0.6) is 0 Å². The molecule has 8 heteroatoms. The Morgan fingerprint density at radius 3 is 2.81 bits per heavy atom. The second-order valence-electron chi connectivity index (χ2n) is 6.92. The lowest BCUT2D eigenvalue weighted by molar-refractivity contribution is -0.121. The van der Waals surface area contributed by atoms with Gasteiger partial charge < -0.3 is 14.8 Å². The van der Waals surface area contributed by atoms with E-state index < -0.39 is 0 Å². The molecule has 1 aliphatic carbocycles. The Kier molecular flexibility index (Phi) is 4.40. The minimum absolute atomic E-state index is 0.0188. The van der Waals surface area contributed by atoms with Crippen LogP contribution in [0.25, 0.3) is 0 Å². The van der Waals surface area contributed by atoms with Gasteiger partial charge in [0.2, 0.25) is 5.91 Å². The molecule has 0 unspecified atom stereocenters. The maximum Gasteiger partial charge on any atom is 0.274 e. The molecule has 1 N–H and O–H groups in total. The lowest BCUT2D eigenvalue weighted by atomic mass is 9.93. The van der Waals surface area contributed by atoms with Crippen LogP contribution in [-0.2, 0) is 17.8 Å². The van der Waals surface area contributed by atoms with Gasteiger partial charge in [0.15, 0.2) is 0 Å². The van der Waals surface area contributed by atoms with E-state index in [9.17, 15) is 9.59 Å². The molecule has 0 saturated heterocycles. The number of hydrogen-bond acceptors (Lipinski definition) is 5. The zero-order chi connectivity index (χ0) is 18.1. The van der Waals surface area contributed by atoms with Crippen molar-refractivity contribution in [2.45, 2.75) is 51.2 Å². The van der Waals surface area contributed by atoms with Crippen LogP contribution in [0.15, 0.2) is 24.8 Å². The highest BCUT2D eigenvalue weighted by Gasteiger charge is 2.31. The Balaban J connectivity index is 1.46. The summed E-state index contributed by atoms with van der Waals surface area (Å²) in [4.78, 5) is 39.3. The Morgan fingerprint density at radius 1 is 1.27 bits per heavy atom. The summed E-state index contributed by atoms with van der Waals surface area (Å²) in [5, 5.41) is 3.04. The van der Waals surface area contributed by atoms with E-state index in [-0.39, 0.29) is 24.3 Å². The van der Waals surface area contributed by atoms with Crippen LogP contribution in [0.2, 0.25) is 0 Å². The second kappa shape index (κ2) is 6.86. The third kappa shape index (κ3) is 3.18. The van der Waals surface area contributed by atoms with Gasteiger partial charge in [-0.25, -0.2) is 9.97 Å². The van der Waals surface area contributed by atoms with E-state index in [1.807, 2.05) is 17.7 Å². The van der Waals surface area contributed by atoms with Gasteiger partial charge in [-0.1, -0.05) is 0 Å². The van der Waals surface area contributed by atoms with Crippen LogP contribution in [0.4, 0.5) is 0 Å². The normalized spacial score (nSPS) is 19.6. The molecular formula is C18H22N6O2. The van der Waals surface area contributed by atoms with Crippen LogP contribution in [0, 0.1) is 0 Å². The standard InChI is InChI=1S/C18H22N6O2/c1-12-17-22-14(9-16(25)21-13-3-2-4-13)11-23(17)7-8-24(12)18(26)15-10-19-5-6-20-15/h5-6,10-13H,2-4,7-9H2,1H3,(H,21,25)/t12-/m0/s1. The number of nitrogens with zero attached hydrogens (tertiary/aromatic N) is 5. The smallest absolute Gasteiger partial charge is 0.274 e. The molecule has 1 saturated carbocycles. The summed E-state index contributed by atoms with van der Waals surface area (Å²) in [6.07, 6.45) is 10.1. The number of imidazole rings is 1. The fraction of sp³-hybridized carbons (Fsp3) is 0.500. The van der Waals surface area contributed by atoms with Crippen molar-refractivity contribution < 1.29 is 9.59 Å². The Labute approximate surface area is 151 Å². The first-order chi connectivity index (χ1) is 12.6. The summed E-state index contributed by atoms with van der Waals surface area (Å²) in [5.41, 5.74) is 1.08. The van der Waals surface area contributed by atoms with Gasteiger partial charge in [-0.2, -0.15) is 0 Å². The molecular weight excluding hydrogens is 332 g/mol. The predicted molar refractivity (Wildman–Crippen MR) is 93.2 cm³/mol. The van der Waals surface area contributed by atoms with Crippen LogP contribution in [0.1, 0.15) is 54.2 Å². The first kappa shape index (κ1) is 16.7. The van der Waals surface area contributed by atoms with Gasteiger partial charge in [-0.15, -0.1) is 0 Å². The zero-order valence-electron chi connectivity index (χ0n) is 14.8. The number of fused-ring (bicyclic) bond motifs is 1. The van der Waals surface area contributed by atoms with E-state index in [4.69, 9.17) is 0 Å². The van der Waals surface area contributed by atoms with Crippen molar-refractivity contribution in [1.82, 2.24) is 29.7 Å². The number of carbonyl (C=O) groups is 2. The number of rotatable bonds is 4. The quantitative estimate of drug-likeness (QED) is 0.887. The minimum Gasteiger partial charge on any atom is -0.353 e. The lowest BCUT2D eigenvalue weighted by Crippen LogP contribution is -2.41. The molecule has 2 aliphatic rings. The van der Waals surface area contributed by atoms with Crippen LogP contribution < -0.4 is 5.32 Å². The van der Waals surface area contributed by atoms with Crippen molar-refractivity contribution in [3.8, 4) is 0 Å². The average Bonchev–Trinajstić information content (AvgIpc) is 3.02. The number of aromatic nitrogens is 4. The number of amides is 2. The molecule has 136 valence electrons. The number of nitrogens with one attached hydrogen (secondary N) is 1. The van der Waals surface area contributed by atoms with Crippen molar-refractivity contribution in [2.24, 2.45) is 0 Å². The molecule has 2 aromatic rings. The third-order valence-electron chi connectivity index (χ3n) is 5.14. The zero-order valence-corrected chi connectivity index (χ0v) is 14.8. The summed E-state index contributed by atoms with van der Waals surface area (Å²) >= 11 is 0. The van der Waals surface area contributed by atoms with Crippen LogP contribution in [-0.4, -0.2) is 48.8 Å². The summed E-state index contributed by atoms with van der Waals surface area (Å²) in [6, 6.07) is 0.153. The third-order valence-corrected chi connectivity index (χ3v) is 5.14. The van der Waals surface area contributed by atoms with E-state index in [1.54, 1.807) is 11.1 Å². The molecule has 1 atom stereocenters. The Morgan fingerprint density at radius 2 is 2.12 bits per heavy atom. The highest BCUT2D eigenvalue weighted by atomic mass is 16.2. The van der Waals surface area contributed by atoms with E-state index in [0.717, 1.165) is 24.4 Å². The van der Waals surface area contributed by atoms with E-state index in [0.29, 0.717) is 24.8 Å². The highest BCUT2D eigenvalue weighted by molar-refractivity contribution is 5.92. The van der Waals surface area contributed by atoms with Gasteiger partial charge in [0.1, 0.15) is 11.5 Å². The SMILES string of the molecule is C[C@H]1c2nc(CC(=O)NC3CCC3)cn2CCN1C(=O)c1cnccn1. The van der Waals surface area contributed by atoms with Gasteiger partial charge >= 0.3 is 0 Å². The fourth-order valence-electron chi connectivity index (χ4n) is 3.46. The van der Waals surface area contributed by atoms with Gasteiger partial charge in [-0.3, -0.25) is 14.6 Å². The highest BCUT2D eigenvalue weighted by Crippen LogP contribution is 2.26. The monoisotopic (exact) mass is 354 g/mol. The molecule has 4 rings (SSSR count). The molecule has 0 radical (unpaired) electrons. The number of hydrogen-bond donors (Lipinski definition) is 1. The predicted octanol–water partition coefficient (Wildman–Crippen LogP) is 1.10. The Bertz CT molecular complexity index is 814. The van der Waals surface area contributed by atoms with E-state index in [2.05, 4.69) is 20.3 Å². The lowest BCUT2D eigenvalue weighted by Gasteiger charge is -2.33. The average molecular weight is 354 g/mol. The molecule has 1 aliphatic heterocycles. The summed E-state index contributed by atoms with van der Waals surface area (Å²) < 4.78 is 2.04. The van der Waals surface area contributed by atoms with Crippen molar-refractivity contribution in [2.75, 3.05) is 6.54 Å². The second-order valence-corrected chi connectivity index (χ2v) is 6.92. The van der Waals surface area contributed by atoms with Crippen molar-refractivity contribution in [3.05, 3.63) is 42.0 Å². The topological polar surface area (TPSA) is 93.0 Å². The first-order valence-electron chi connectivity index (χ1n) is 9.04. The molecule has 0 spiro atoms. The minimum atomic E-state index is -0.179. The molecule has 0 aromatic carbocycles. The van der Waals surface area contributed by atoms with Crippen LogP contribution >= 0.6 is 0 Å². The van der Waals surface area contributed by atoms with Gasteiger partial charge in [0.25, 0.3) is 5.91 Å². The largest absolute Gasteiger partial charge is 0.353 e. The molecule has 26 heavy (non-hydrogen) atoms. The first-order valence-corrected chi connectivity index (χ1v) is 9.04. The maximum atomic E-state index is 12.7. The number of carbonyl (C=O) groups excluding carboxylic acids is 2. The van der Waals surface area contributed by atoms with Crippen molar-refractivity contribution >= 4 is 11.8 Å². The van der Waals surface area contributed by atoms with Gasteiger partial charge in [-0.05, 0) is 26.2 Å². The molecule has 2 aromatic heterocycles. The molecule has 0 bridgehead atoms.